The molecular weight excluding hydrogens is 324 g/mol. The highest BCUT2D eigenvalue weighted by molar-refractivity contribution is 6.02. The van der Waals surface area contributed by atoms with Crippen molar-refractivity contribution in [3.8, 4) is 5.75 Å². The molecule has 7 nitrogen and oxygen atoms in total. The van der Waals surface area contributed by atoms with E-state index < -0.39 is 18.5 Å². The number of amides is 1. The lowest BCUT2D eigenvalue weighted by atomic mass is 10.2. The Bertz CT molecular complexity index is 886. The monoisotopic (exact) mass is 340 g/mol. The third kappa shape index (κ3) is 3.95. The molecule has 1 amide bonds. The average molecular weight is 340 g/mol. The predicted molar refractivity (Wildman–Crippen MR) is 90.5 cm³/mol. The molecule has 0 fully saturated rings. The van der Waals surface area contributed by atoms with Crippen LogP contribution in [-0.2, 0) is 9.53 Å². The number of carbonyl (C=O) groups excluding carboxylic acids is 2. The van der Waals surface area contributed by atoms with Crippen LogP contribution in [0.15, 0.2) is 53.3 Å². The van der Waals surface area contributed by atoms with Crippen molar-refractivity contribution < 1.29 is 23.5 Å². The van der Waals surface area contributed by atoms with E-state index >= 15 is 0 Å². The Labute approximate surface area is 143 Å². The number of oxazole rings is 1. The van der Waals surface area contributed by atoms with Crippen LogP contribution >= 0.6 is 0 Å². The smallest absolute Gasteiger partial charge is 0.340 e. The molecule has 128 valence electrons. The fourth-order valence-electron chi connectivity index (χ4n) is 2.26. The minimum atomic E-state index is -0.638. The number of nitrogens with zero attached hydrogens (tertiary/aromatic N) is 1. The van der Waals surface area contributed by atoms with Gasteiger partial charge in [-0.3, -0.25) is 4.79 Å². The fourth-order valence-corrected chi connectivity index (χ4v) is 2.26. The lowest BCUT2D eigenvalue weighted by molar-refractivity contribution is -0.119. The number of anilines is 1. The molecule has 0 aliphatic carbocycles. The van der Waals surface area contributed by atoms with Gasteiger partial charge in [0, 0.05) is 5.69 Å². The molecule has 0 saturated heterocycles. The van der Waals surface area contributed by atoms with Crippen LogP contribution in [0.4, 0.5) is 5.69 Å². The zero-order valence-electron chi connectivity index (χ0n) is 13.5. The maximum Gasteiger partial charge on any atom is 0.340 e. The molecule has 25 heavy (non-hydrogen) atoms. The van der Waals surface area contributed by atoms with Crippen molar-refractivity contribution >= 4 is 28.7 Å². The van der Waals surface area contributed by atoms with Crippen LogP contribution in [0, 0.1) is 0 Å². The Hall–Kier alpha value is -3.35. The molecule has 1 N–H and O–H groups in total. The van der Waals surface area contributed by atoms with E-state index in [-0.39, 0.29) is 5.56 Å². The molecule has 3 aromatic rings. The quantitative estimate of drug-likeness (QED) is 0.694. The van der Waals surface area contributed by atoms with Crippen LogP contribution in [0.3, 0.4) is 0 Å². The standard InChI is InChI=1S/C18H16N2O5/c1-2-23-13-8-6-12(7-9-13)20-16(21)10-24-18(22)14-4-3-5-15-17(14)19-11-25-15/h3-9,11H,2,10H2,1H3,(H,20,21). The summed E-state index contributed by atoms with van der Waals surface area (Å²) in [6, 6.07) is 11.8. The van der Waals surface area contributed by atoms with E-state index in [2.05, 4.69) is 10.3 Å². The van der Waals surface area contributed by atoms with Gasteiger partial charge in [-0.05, 0) is 43.3 Å². The number of benzene rings is 2. The molecular formula is C18H16N2O5. The van der Waals surface area contributed by atoms with Crippen molar-refractivity contribution in [3.63, 3.8) is 0 Å². The van der Waals surface area contributed by atoms with Gasteiger partial charge in [-0.2, -0.15) is 0 Å². The topological polar surface area (TPSA) is 90.7 Å². The third-order valence-corrected chi connectivity index (χ3v) is 3.36. The Balaban J connectivity index is 1.56. The van der Waals surface area contributed by atoms with Gasteiger partial charge in [0.1, 0.15) is 11.3 Å². The normalized spacial score (nSPS) is 10.4. The fraction of sp³-hybridized carbons (Fsp3) is 0.167. The summed E-state index contributed by atoms with van der Waals surface area (Å²) in [6.45, 7) is 2.06. The highest BCUT2D eigenvalue weighted by atomic mass is 16.5. The zero-order chi connectivity index (χ0) is 17.6. The van der Waals surface area contributed by atoms with Crippen LogP contribution in [0.5, 0.6) is 5.75 Å². The summed E-state index contributed by atoms with van der Waals surface area (Å²) in [7, 11) is 0. The van der Waals surface area contributed by atoms with Crippen LogP contribution in [0.25, 0.3) is 11.1 Å². The minimum absolute atomic E-state index is 0.250. The molecule has 0 saturated carbocycles. The van der Waals surface area contributed by atoms with Crippen molar-refractivity contribution in [1.82, 2.24) is 4.98 Å². The van der Waals surface area contributed by atoms with Crippen molar-refractivity contribution in [2.24, 2.45) is 0 Å². The molecule has 0 aliphatic rings. The second kappa shape index (κ2) is 7.48. The van der Waals surface area contributed by atoms with Gasteiger partial charge < -0.3 is 19.2 Å². The van der Waals surface area contributed by atoms with Crippen LogP contribution in [-0.4, -0.2) is 30.1 Å². The van der Waals surface area contributed by atoms with Gasteiger partial charge in [-0.15, -0.1) is 0 Å². The van der Waals surface area contributed by atoms with E-state index in [4.69, 9.17) is 13.9 Å². The minimum Gasteiger partial charge on any atom is -0.494 e. The molecule has 0 aliphatic heterocycles. The average Bonchev–Trinajstić information content (AvgIpc) is 3.10. The van der Waals surface area contributed by atoms with E-state index in [0.29, 0.717) is 29.1 Å². The SMILES string of the molecule is CCOc1ccc(NC(=O)COC(=O)c2cccc3ocnc23)cc1. The van der Waals surface area contributed by atoms with Crippen LogP contribution in [0.1, 0.15) is 17.3 Å². The lowest BCUT2D eigenvalue weighted by Gasteiger charge is -2.08. The zero-order valence-corrected chi connectivity index (χ0v) is 13.5. The van der Waals surface area contributed by atoms with Crippen molar-refractivity contribution in [1.29, 1.82) is 0 Å². The number of carbonyl (C=O) groups is 2. The van der Waals surface area contributed by atoms with Crippen molar-refractivity contribution in [2.45, 2.75) is 6.92 Å². The predicted octanol–water partition coefficient (Wildman–Crippen LogP) is 3.02. The Morgan fingerprint density at radius 3 is 2.72 bits per heavy atom. The van der Waals surface area contributed by atoms with E-state index in [1.165, 1.54) is 6.39 Å². The number of ether oxygens (including phenoxy) is 2. The second-order valence-corrected chi connectivity index (χ2v) is 5.09. The van der Waals surface area contributed by atoms with Crippen molar-refractivity contribution in [2.75, 3.05) is 18.5 Å². The highest BCUT2D eigenvalue weighted by Gasteiger charge is 2.15. The number of hydrogen-bond acceptors (Lipinski definition) is 6. The molecule has 0 bridgehead atoms. The van der Waals surface area contributed by atoms with Gasteiger partial charge >= 0.3 is 5.97 Å². The first-order chi connectivity index (χ1) is 12.2. The van der Waals surface area contributed by atoms with Crippen LogP contribution < -0.4 is 10.1 Å². The number of esters is 1. The summed E-state index contributed by atoms with van der Waals surface area (Å²) in [6.07, 6.45) is 1.25. The summed E-state index contributed by atoms with van der Waals surface area (Å²) in [5.41, 5.74) is 1.72. The maximum absolute atomic E-state index is 12.1. The molecule has 2 aromatic carbocycles. The first-order valence-electron chi connectivity index (χ1n) is 7.69. The Kier molecular flexibility index (Phi) is 4.94. The second-order valence-electron chi connectivity index (χ2n) is 5.09. The summed E-state index contributed by atoms with van der Waals surface area (Å²) in [5.74, 6) is -0.362. The molecule has 0 atom stereocenters. The number of para-hydroxylation sites is 1. The molecule has 0 radical (unpaired) electrons. The molecule has 3 rings (SSSR count). The number of hydrogen-bond donors (Lipinski definition) is 1. The number of nitrogens with one attached hydrogen (secondary N) is 1. The summed E-state index contributed by atoms with van der Waals surface area (Å²) in [4.78, 5) is 28.0. The molecule has 0 unspecified atom stereocenters. The maximum atomic E-state index is 12.1. The summed E-state index contributed by atoms with van der Waals surface area (Å²) < 4.78 is 15.5. The third-order valence-electron chi connectivity index (χ3n) is 3.36. The summed E-state index contributed by atoms with van der Waals surface area (Å²) >= 11 is 0. The van der Waals surface area contributed by atoms with Gasteiger partial charge in [0.25, 0.3) is 5.91 Å². The van der Waals surface area contributed by atoms with E-state index in [1.807, 2.05) is 6.92 Å². The Morgan fingerprint density at radius 1 is 1.16 bits per heavy atom. The number of aromatic nitrogens is 1. The molecule has 0 spiro atoms. The van der Waals surface area contributed by atoms with Gasteiger partial charge in [0.15, 0.2) is 18.6 Å². The number of rotatable bonds is 6. The molecule has 7 heteroatoms. The summed E-state index contributed by atoms with van der Waals surface area (Å²) in [5, 5.41) is 2.64. The first kappa shape index (κ1) is 16.5. The molecule has 1 aromatic heterocycles. The van der Waals surface area contributed by atoms with Gasteiger partial charge in [-0.25, -0.2) is 9.78 Å². The van der Waals surface area contributed by atoms with E-state index in [9.17, 15) is 9.59 Å². The van der Waals surface area contributed by atoms with Crippen LogP contribution in [0.2, 0.25) is 0 Å². The van der Waals surface area contributed by atoms with Crippen molar-refractivity contribution in [3.05, 3.63) is 54.4 Å². The van der Waals surface area contributed by atoms with E-state index in [1.54, 1.807) is 42.5 Å². The Morgan fingerprint density at radius 2 is 1.96 bits per heavy atom. The molecule has 1 heterocycles. The number of fused-ring (bicyclic) bond motifs is 1. The lowest BCUT2D eigenvalue weighted by Crippen LogP contribution is -2.21. The first-order valence-corrected chi connectivity index (χ1v) is 7.69. The highest BCUT2D eigenvalue weighted by Crippen LogP contribution is 2.18. The van der Waals surface area contributed by atoms with Gasteiger partial charge in [0.05, 0.1) is 12.2 Å². The largest absolute Gasteiger partial charge is 0.494 e. The van der Waals surface area contributed by atoms with Gasteiger partial charge in [-0.1, -0.05) is 6.07 Å². The van der Waals surface area contributed by atoms with E-state index in [0.717, 1.165) is 0 Å². The van der Waals surface area contributed by atoms with Gasteiger partial charge in [0.2, 0.25) is 0 Å².